The molecule has 0 spiro atoms. The maximum Gasteiger partial charge on any atom is 0.292 e. The first-order chi connectivity index (χ1) is 3.85. The molecule has 0 aromatic rings. The molecule has 0 N–H and O–H groups in total. The van der Waals surface area contributed by atoms with Crippen LogP contribution in [0.4, 0.5) is 0 Å². The van der Waals surface area contributed by atoms with Crippen LogP contribution in [0.15, 0.2) is 0 Å². The van der Waals surface area contributed by atoms with E-state index in [0.717, 1.165) is 0 Å². The number of hydrogen-bond donors (Lipinski definition) is 0. The lowest BCUT2D eigenvalue weighted by Crippen LogP contribution is -2.24. The fraction of sp³-hybridized carbons (Fsp3) is 0.333. The van der Waals surface area contributed by atoms with Gasteiger partial charge >= 0.3 is 0 Å². The Morgan fingerprint density at radius 1 is 1.11 bits per heavy atom. The van der Waals surface area contributed by atoms with Gasteiger partial charge in [-0.2, -0.15) is 0 Å². The predicted octanol–water partition coefficient (Wildman–Crippen LogP) is 1.69. The van der Waals surface area contributed by atoms with Crippen molar-refractivity contribution in [2.75, 3.05) is 0 Å². The van der Waals surface area contributed by atoms with E-state index >= 15 is 0 Å². The van der Waals surface area contributed by atoms with Gasteiger partial charge in [0.15, 0.2) is 0 Å². The molecule has 0 fully saturated rings. The summed E-state index contributed by atoms with van der Waals surface area (Å²) in [6.07, 6.45) is 0. The smallest absolute Gasteiger partial charge is 0.284 e. The van der Waals surface area contributed by atoms with Crippen LogP contribution in [0.1, 0.15) is 0 Å². The van der Waals surface area contributed by atoms with Gasteiger partial charge in [0.05, 0.1) is 0 Å². The van der Waals surface area contributed by atoms with Crippen LogP contribution in [0.5, 0.6) is 0 Å². The van der Waals surface area contributed by atoms with E-state index in [1.165, 1.54) is 0 Å². The largest absolute Gasteiger partial charge is 0.292 e. The minimum atomic E-state index is -2.22. The van der Waals surface area contributed by atoms with E-state index < -0.39 is 14.8 Å². The summed E-state index contributed by atoms with van der Waals surface area (Å²) < 4.78 is -2.22. The number of carbonyl (C=O) groups excluding carboxylic acids is 2. The number of Topliss-reactive ketones (excluding diaryl/α,β-unsaturated/α-hetero) is 1. The summed E-state index contributed by atoms with van der Waals surface area (Å²) in [6, 6.07) is 0. The van der Waals surface area contributed by atoms with Gasteiger partial charge in [-0.05, 0) is 11.6 Å². The minimum Gasteiger partial charge on any atom is -0.284 e. The average Bonchev–Trinajstić information content (AvgIpc) is 1.62. The van der Waals surface area contributed by atoms with Gasteiger partial charge in [-0.3, -0.25) is 9.59 Å². The molecule has 52 valence electrons. The Kier molecular flexibility index (Phi) is 3.23. The Morgan fingerprint density at radius 3 is 1.44 bits per heavy atom. The maximum atomic E-state index is 10.3. The zero-order chi connectivity index (χ0) is 7.65. The standard InChI is InChI=1S/C3Cl4O2/c4-2(9)1(8)3(5,6)7. The highest BCUT2D eigenvalue weighted by Crippen LogP contribution is 2.27. The van der Waals surface area contributed by atoms with E-state index in [1.807, 2.05) is 0 Å². The molecule has 0 atom stereocenters. The van der Waals surface area contributed by atoms with E-state index in [0.29, 0.717) is 0 Å². The molecule has 0 rings (SSSR count). The second-order valence-electron chi connectivity index (χ2n) is 1.10. The molecule has 0 bridgehead atoms. The third-order valence-electron chi connectivity index (χ3n) is 0.436. The fourth-order valence-corrected chi connectivity index (χ4v) is 0.656. The molecule has 0 aliphatic heterocycles. The van der Waals surface area contributed by atoms with Gasteiger partial charge in [0.1, 0.15) is 0 Å². The zero-order valence-electron chi connectivity index (χ0n) is 3.83. The van der Waals surface area contributed by atoms with Crippen molar-refractivity contribution >= 4 is 57.4 Å². The van der Waals surface area contributed by atoms with Crippen molar-refractivity contribution in [3.63, 3.8) is 0 Å². The number of hydrogen-bond acceptors (Lipinski definition) is 2. The van der Waals surface area contributed by atoms with Gasteiger partial charge in [0.2, 0.25) is 0 Å². The van der Waals surface area contributed by atoms with Crippen LogP contribution >= 0.6 is 46.4 Å². The second kappa shape index (κ2) is 3.06. The molecule has 0 aromatic carbocycles. The first-order valence-electron chi connectivity index (χ1n) is 1.66. The Labute approximate surface area is 71.0 Å². The molecule has 0 saturated carbocycles. The van der Waals surface area contributed by atoms with Crippen LogP contribution in [-0.2, 0) is 9.59 Å². The van der Waals surface area contributed by atoms with Crippen molar-refractivity contribution in [2.45, 2.75) is 3.79 Å². The van der Waals surface area contributed by atoms with Crippen molar-refractivity contribution < 1.29 is 9.59 Å². The molecule has 0 aromatic heterocycles. The highest BCUT2D eigenvalue weighted by molar-refractivity contribution is 6.92. The lowest BCUT2D eigenvalue weighted by Gasteiger charge is -2.02. The Hall–Kier alpha value is 0.500. The van der Waals surface area contributed by atoms with Crippen LogP contribution in [0.25, 0.3) is 0 Å². The van der Waals surface area contributed by atoms with Crippen molar-refractivity contribution in [1.29, 1.82) is 0 Å². The lowest BCUT2D eigenvalue weighted by atomic mass is 10.5. The summed E-state index contributed by atoms with van der Waals surface area (Å²) in [5.41, 5.74) is 0. The third-order valence-corrected chi connectivity index (χ3v) is 1.12. The zero-order valence-corrected chi connectivity index (χ0v) is 6.85. The van der Waals surface area contributed by atoms with Gasteiger partial charge in [0, 0.05) is 0 Å². The topological polar surface area (TPSA) is 34.1 Å². The summed E-state index contributed by atoms with van der Waals surface area (Å²) in [5.74, 6) is -1.24. The van der Waals surface area contributed by atoms with Crippen LogP contribution in [-0.4, -0.2) is 14.8 Å². The van der Waals surface area contributed by atoms with Crippen molar-refractivity contribution in [2.24, 2.45) is 0 Å². The number of alkyl halides is 3. The molecular weight excluding hydrogens is 210 g/mol. The minimum absolute atomic E-state index is 1.24. The second-order valence-corrected chi connectivity index (χ2v) is 3.73. The number of halogens is 4. The summed E-state index contributed by atoms with van der Waals surface area (Å²) in [5, 5.41) is -1.28. The van der Waals surface area contributed by atoms with E-state index in [9.17, 15) is 9.59 Å². The molecule has 0 heterocycles. The SMILES string of the molecule is O=C(Cl)C(=O)C(Cl)(Cl)Cl. The van der Waals surface area contributed by atoms with Crippen LogP contribution in [0.3, 0.4) is 0 Å². The average molecular weight is 210 g/mol. The van der Waals surface area contributed by atoms with Crippen LogP contribution in [0, 0.1) is 0 Å². The van der Waals surface area contributed by atoms with Crippen LogP contribution < -0.4 is 0 Å². The first kappa shape index (κ1) is 9.50. The van der Waals surface area contributed by atoms with Crippen molar-refractivity contribution in [3.8, 4) is 0 Å². The van der Waals surface area contributed by atoms with Gasteiger partial charge in [-0.15, -0.1) is 0 Å². The predicted molar refractivity (Wildman–Crippen MR) is 36.2 cm³/mol. The maximum absolute atomic E-state index is 10.3. The molecule has 0 unspecified atom stereocenters. The molecule has 9 heavy (non-hydrogen) atoms. The number of carbonyl (C=O) groups is 2. The summed E-state index contributed by atoms with van der Waals surface area (Å²) in [4.78, 5) is 20.2. The highest BCUT2D eigenvalue weighted by Gasteiger charge is 2.34. The Bertz CT molecular complexity index is 146. The molecule has 0 aliphatic carbocycles. The van der Waals surface area contributed by atoms with Crippen molar-refractivity contribution in [1.82, 2.24) is 0 Å². The number of rotatable bonds is 1. The first-order valence-corrected chi connectivity index (χ1v) is 3.18. The lowest BCUT2D eigenvalue weighted by molar-refractivity contribution is -0.131. The Morgan fingerprint density at radius 2 is 1.44 bits per heavy atom. The van der Waals surface area contributed by atoms with Gasteiger partial charge in [-0.25, -0.2) is 0 Å². The van der Waals surface area contributed by atoms with E-state index in [2.05, 4.69) is 11.6 Å². The highest BCUT2D eigenvalue weighted by atomic mass is 35.6. The molecular formula is C3Cl4O2. The molecule has 0 aliphatic rings. The molecule has 2 nitrogen and oxygen atoms in total. The van der Waals surface area contributed by atoms with Gasteiger partial charge in [0.25, 0.3) is 14.8 Å². The summed E-state index contributed by atoms with van der Waals surface area (Å²) in [6.45, 7) is 0. The summed E-state index contributed by atoms with van der Waals surface area (Å²) >= 11 is 19.5. The molecule has 6 heteroatoms. The van der Waals surface area contributed by atoms with E-state index in [1.54, 1.807) is 0 Å². The quantitative estimate of drug-likeness (QED) is 0.374. The number of ketones is 1. The fourth-order valence-electron chi connectivity index (χ4n) is 0.111. The van der Waals surface area contributed by atoms with Gasteiger partial charge in [-0.1, -0.05) is 34.8 Å². The van der Waals surface area contributed by atoms with Gasteiger partial charge < -0.3 is 0 Å². The normalized spacial score (nSPS) is 11.1. The van der Waals surface area contributed by atoms with E-state index in [-0.39, 0.29) is 0 Å². The van der Waals surface area contributed by atoms with E-state index in [4.69, 9.17) is 34.8 Å². The monoisotopic (exact) mass is 208 g/mol. The third kappa shape index (κ3) is 3.26. The molecule has 0 saturated heterocycles. The van der Waals surface area contributed by atoms with Crippen molar-refractivity contribution in [3.05, 3.63) is 0 Å². The molecule has 0 radical (unpaired) electrons. The Balaban J connectivity index is 4.23. The summed E-state index contributed by atoms with van der Waals surface area (Å²) in [7, 11) is 0. The van der Waals surface area contributed by atoms with Crippen LogP contribution in [0.2, 0.25) is 0 Å². The molecule has 0 amide bonds.